The van der Waals surface area contributed by atoms with E-state index in [9.17, 15) is 13.5 Å². The Morgan fingerprint density at radius 3 is 2.46 bits per heavy atom. The highest BCUT2D eigenvalue weighted by atomic mass is 32.2. The van der Waals surface area contributed by atoms with Crippen molar-refractivity contribution in [1.82, 2.24) is 4.98 Å². The van der Waals surface area contributed by atoms with E-state index in [1.807, 2.05) is 0 Å². The molecule has 2 N–H and O–H groups in total. The molecule has 0 aliphatic heterocycles. The molecule has 1 atom stereocenters. The molecule has 0 spiro atoms. The van der Waals surface area contributed by atoms with Gasteiger partial charge in [0, 0.05) is 6.20 Å². The minimum absolute atomic E-state index is 0.113. The third-order valence-electron chi connectivity index (χ3n) is 1.64. The van der Waals surface area contributed by atoms with Gasteiger partial charge in [-0.2, -0.15) is 8.42 Å². The summed E-state index contributed by atoms with van der Waals surface area (Å²) >= 11 is 0. The molecule has 6 heteroatoms. The molecule has 0 radical (unpaired) electrons. The number of pyridine rings is 1. The highest BCUT2D eigenvalue weighted by Gasteiger charge is 2.38. The summed E-state index contributed by atoms with van der Waals surface area (Å²) in [5.74, 6) is 0. The second-order valence-electron chi connectivity index (χ2n) is 2.67. The van der Waals surface area contributed by atoms with Crippen LogP contribution in [0.3, 0.4) is 0 Å². The molecular formula is C7H9NO4S. The summed E-state index contributed by atoms with van der Waals surface area (Å²) in [6.07, 6.45) is 1.33. The van der Waals surface area contributed by atoms with Crippen LogP contribution in [0.4, 0.5) is 0 Å². The van der Waals surface area contributed by atoms with Crippen molar-refractivity contribution in [3.63, 3.8) is 0 Å². The van der Waals surface area contributed by atoms with Crippen molar-refractivity contribution >= 4 is 10.1 Å². The van der Waals surface area contributed by atoms with E-state index >= 15 is 0 Å². The number of nitrogens with zero attached hydrogens (tertiary/aromatic N) is 1. The first-order chi connectivity index (χ1) is 5.86. The zero-order valence-electron chi connectivity index (χ0n) is 6.88. The Kier molecular flexibility index (Phi) is 2.38. The second kappa shape index (κ2) is 3.06. The van der Waals surface area contributed by atoms with E-state index in [0.29, 0.717) is 0 Å². The summed E-state index contributed by atoms with van der Waals surface area (Å²) in [5.41, 5.74) is -0.113. The van der Waals surface area contributed by atoms with Crippen LogP contribution in [-0.2, 0) is 15.1 Å². The maximum Gasteiger partial charge on any atom is 0.300 e. The maximum absolute atomic E-state index is 10.7. The van der Waals surface area contributed by atoms with Gasteiger partial charge in [0.1, 0.15) is 0 Å². The minimum Gasteiger partial charge on any atom is -0.368 e. The van der Waals surface area contributed by atoms with E-state index in [4.69, 9.17) is 4.55 Å². The van der Waals surface area contributed by atoms with E-state index in [0.717, 1.165) is 6.92 Å². The van der Waals surface area contributed by atoms with Gasteiger partial charge in [-0.25, -0.2) is 0 Å². The van der Waals surface area contributed by atoms with Crippen molar-refractivity contribution in [3.05, 3.63) is 30.1 Å². The van der Waals surface area contributed by atoms with Crippen LogP contribution < -0.4 is 0 Å². The van der Waals surface area contributed by atoms with Gasteiger partial charge in [-0.3, -0.25) is 9.54 Å². The lowest BCUT2D eigenvalue weighted by molar-refractivity contribution is 0.128. The van der Waals surface area contributed by atoms with Gasteiger partial charge in [-0.15, -0.1) is 0 Å². The first kappa shape index (κ1) is 10.1. The van der Waals surface area contributed by atoms with Crippen molar-refractivity contribution in [2.45, 2.75) is 11.9 Å². The van der Waals surface area contributed by atoms with Crippen LogP contribution in [0.25, 0.3) is 0 Å². The normalized spacial score (nSPS) is 16.5. The molecule has 0 saturated heterocycles. The Balaban J connectivity index is 3.24. The molecule has 72 valence electrons. The van der Waals surface area contributed by atoms with E-state index in [-0.39, 0.29) is 5.69 Å². The van der Waals surface area contributed by atoms with Crippen LogP contribution in [0.15, 0.2) is 24.4 Å². The molecule has 1 aromatic heterocycles. The molecule has 1 unspecified atom stereocenters. The summed E-state index contributed by atoms with van der Waals surface area (Å²) in [7, 11) is -4.56. The summed E-state index contributed by atoms with van der Waals surface area (Å²) in [6.45, 7) is 0.963. The van der Waals surface area contributed by atoms with Crippen LogP contribution in [0.1, 0.15) is 12.6 Å². The topological polar surface area (TPSA) is 87.5 Å². The van der Waals surface area contributed by atoms with Crippen LogP contribution >= 0.6 is 0 Å². The van der Waals surface area contributed by atoms with Crippen LogP contribution in [-0.4, -0.2) is 23.1 Å². The first-order valence-corrected chi connectivity index (χ1v) is 4.90. The molecule has 0 aliphatic carbocycles. The van der Waals surface area contributed by atoms with Crippen molar-refractivity contribution in [3.8, 4) is 0 Å². The smallest absolute Gasteiger partial charge is 0.300 e. The molecule has 0 bridgehead atoms. The molecule has 1 rings (SSSR count). The van der Waals surface area contributed by atoms with E-state index in [2.05, 4.69) is 4.98 Å². The van der Waals surface area contributed by atoms with Gasteiger partial charge in [0.25, 0.3) is 0 Å². The molecule has 0 saturated carbocycles. The number of aromatic nitrogens is 1. The van der Waals surface area contributed by atoms with Gasteiger partial charge in [0.05, 0.1) is 5.69 Å². The van der Waals surface area contributed by atoms with Gasteiger partial charge < -0.3 is 5.11 Å². The Hall–Kier alpha value is -0.980. The number of hydrogen-bond donors (Lipinski definition) is 2. The fourth-order valence-electron chi connectivity index (χ4n) is 0.769. The Morgan fingerprint density at radius 2 is 2.08 bits per heavy atom. The third kappa shape index (κ3) is 1.85. The number of aliphatic hydroxyl groups is 1. The fourth-order valence-corrected chi connectivity index (χ4v) is 1.15. The molecule has 1 heterocycles. The van der Waals surface area contributed by atoms with Crippen LogP contribution in [0, 0.1) is 0 Å². The summed E-state index contributed by atoms with van der Waals surface area (Å²) < 4.78 is 30.1. The lowest BCUT2D eigenvalue weighted by Gasteiger charge is -2.18. The fraction of sp³-hybridized carbons (Fsp3) is 0.286. The monoisotopic (exact) mass is 203 g/mol. The molecule has 0 amide bonds. The Bertz CT molecular complexity index is 384. The van der Waals surface area contributed by atoms with Gasteiger partial charge >= 0.3 is 10.1 Å². The van der Waals surface area contributed by atoms with Crippen LogP contribution in [0.5, 0.6) is 0 Å². The molecule has 5 nitrogen and oxygen atoms in total. The predicted molar refractivity (Wildman–Crippen MR) is 45.4 cm³/mol. The summed E-state index contributed by atoms with van der Waals surface area (Å²) in [5, 5.41) is 9.42. The van der Waals surface area contributed by atoms with Crippen molar-refractivity contribution < 1.29 is 18.1 Å². The molecule has 0 aliphatic rings. The van der Waals surface area contributed by atoms with Gasteiger partial charge in [0.2, 0.25) is 4.93 Å². The molecule has 0 aromatic carbocycles. The SMILES string of the molecule is CC(O)(c1ccccn1)S(=O)(=O)O. The summed E-state index contributed by atoms with van der Waals surface area (Å²) in [6, 6.07) is 4.40. The van der Waals surface area contributed by atoms with Gasteiger partial charge in [-0.05, 0) is 19.1 Å². The third-order valence-corrected chi connectivity index (χ3v) is 2.86. The number of hydrogen-bond acceptors (Lipinski definition) is 4. The lowest BCUT2D eigenvalue weighted by atomic mass is 10.2. The molecule has 1 aromatic rings. The van der Waals surface area contributed by atoms with Gasteiger partial charge in [0.15, 0.2) is 0 Å². The van der Waals surface area contributed by atoms with E-state index in [1.165, 1.54) is 18.3 Å². The number of rotatable bonds is 2. The average molecular weight is 203 g/mol. The highest BCUT2D eigenvalue weighted by Crippen LogP contribution is 2.23. The lowest BCUT2D eigenvalue weighted by Crippen LogP contribution is -2.32. The van der Waals surface area contributed by atoms with Crippen LogP contribution in [0.2, 0.25) is 0 Å². The first-order valence-electron chi connectivity index (χ1n) is 3.46. The highest BCUT2D eigenvalue weighted by molar-refractivity contribution is 7.86. The maximum atomic E-state index is 10.7. The van der Waals surface area contributed by atoms with E-state index in [1.54, 1.807) is 6.07 Å². The summed E-state index contributed by atoms with van der Waals surface area (Å²) in [4.78, 5) is 1.27. The van der Waals surface area contributed by atoms with Crippen molar-refractivity contribution in [2.24, 2.45) is 0 Å². The van der Waals surface area contributed by atoms with Gasteiger partial charge in [-0.1, -0.05) is 6.07 Å². The molecular weight excluding hydrogens is 194 g/mol. The molecule has 13 heavy (non-hydrogen) atoms. The average Bonchev–Trinajstić information content (AvgIpc) is 2.04. The zero-order valence-corrected chi connectivity index (χ0v) is 7.69. The zero-order chi connectivity index (χ0) is 10.1. The molecule has 0 fully saturated rings. The quantitative estimate of drug-likeness (QED) is 0.667. The van der Waals surface area contributed by atoms with Crippen molar-refractivity contribution in [1.29, 1.82) is 0 Å². The predicted octanol–water partition coefficient (Wildman–Crippen LogP) is 0.134. The second-order valence-corrected chi connectivity index (χ2v) is 4.42. The largest absolute Gasteiger partial charge is 0.368 e. The Labute approximate surface area is 75.8 Å². The Morgan fingerprint density at radius 1 is 1.46 bits per heavy atom. The van der Waals surface area contributed by atoms with Crippen molar-refractivity contribution in [2.75, 3.05) is 0 Å². The standard InChI is InChI=1S/C7H9NO4S/c1-7(9,13(10,11)12)6-4-2-3-5-8-6/h2-5,9H,1H3,(H,10,11,12). The minimum atomic E-state index is -4.56. The van der Waals surface area contributed by atoms with E-state index < -0.39 is 15.1 Å².